The molecule has 1 heterocycles. The molecule has 4 nitrogen and oxygen atoms in total. The lowest BCUT2D eigenvalue weighted by Gasteiger charge is -2.31. The van der Waals surface area contributed by atoms with Crippen LogP contribution in [-0.4, -0.2) is 44.4 Å². The molecule has 0 atom stereocenters. The van der Waals surface area contributed by atoms with Crippen LogP contribution in [0.2, 0.25) is 0 Å². The molecule has 19 heavy (non-hydrogen) atoms. The number of nitrogens with two attached hydrogens (primary N) is 1. The normalized spacial score (nSPS) is 16.7. The van der Waals surface area contributed by atoms with Crippen molar-refractivity contribution >= 4 is 5.69 Å². The largest absolute Gasteiger partial charge is 0.491 e. The van der Waals surface area contributed by atoms with Crippen LogP contribution in [0.15, 0.2) is 24.3 Å². The Balaban J connectivity index is 1.65. The zero-order chi connectivity index (χ0) is 13.5. The second kappa shape index (κ2) is 7.36. The summed E-state index contributed by atoms with van der Waals surface area (Å²) in [6.45, 7) is 3.55. The number of hydrogen-bond acceptors (Lipinski definition) is 4. The van der Waals surface area contributed by atoms with Crippen molar-refractivity contribution < 1.29 is 9.47 Å². The van der Waals surface area contributed by atoms with E-state index in [2.05, 4.69) is 11.9 Å². The summed E-state index contributed by atoms with van der Waals surface area (Å²) in [4.78, 5) is 2.42. The first kappa shape index (κ1) is 14.2. The summed E-state index contributed by atoms with van der Waals surface area (Å²) in [5.41, 5.74) is 6.54. The summed E-state index contributed by atoms with van der Waals surface area (Å²) in [5.74, 6) is 0.788. The van der Waals surface area contributed by atoms with Crippen molar-refractivity contribution in [3.63, 3.8) is 0 Å². The van der Waals surface area contributed by atoms with Gasteiger partial charge in [-0.25, -0.2) is 0 Å². The lowest BCUT2D eigenvalue weighted by Crippen LogP contribution is -2.37. The molecule has 2 N–H and O–H groups in total. The van der Waals surface area contributed by atoms with Crippen LogP contribution in [0.1, 0.15) is 19.3 Å². The number of nitrogens with zero attached hydrogens (tertiary/aromatic N) is 1. The van der Waals surface area contributed by atoms with E-state index >= 15 is 0 Å². The Labute approximate surface area is 115 Å². The number of nitrogen functional groups attached to an aromatic ring is 1. The highest BCUT2D eigenvalue weighted by Crippen LogP contribution is 2.20. The van der Waals surface area contributed by atoms with Gasteiger partial charge in [0.2, 0.25) is 0 Å². The minimum absolute atomic E-state index is 0.663. The predicted octanol–water partition coefficient (Wildman–Crippen LogP) is 2.15. The number of rotatable bonds is 6. The maximum Gasteiger partial charge on any atom is 0.142 e. The number of anilines is 1. The quantitative estimate of drug-likeness (QED) is 0.632. The fraction of sp³-hybridized carbons (Fsp3) is 0.600. The van der Waals surface area contributed by atoms with Crippen molar-refractivity contribution in [1.82, 2.24) is 4.90 Å². The Bertz CT molecular complexity index is 378. The monoisotopic (exact) mass is 264 g/mol. The topological polar surface area (TPSA) is 47.7 Å². The van der Waals surface area contributed by atoms with Crippen LogP contribution >= 0.6 is 0 Å². The summed E-state index contributed by atoms with van der Waals surface area (Å²) in [7, 11) is 2.19. The molecule has 1 aliphatic heterocycles. The van der Waals surface area contributed by atoms with E-state index in [1.165, 1.54) is 0 Å². The fourth-order valence-electron chi connectivity index (χ4n) is 2.42. The SMILES string of the molecule is CN(CCCOc1ccccc1N)C1CCOCC1. The number of para-hydroxylation sites is 2. The van der Waals surface area contributed by atoms with Crippen molar-refractivity contribution in [3.05, 3.63) is 24.3 Å². The second-order valence-corrected chi connectivity index (χ2v) is 5.06. The average molecular weight is 264 g/mol. The van der Waals surface area contributed by atoms with Gasteiger partial charge in [0.15, 0.2) is 0 Å². The summed E-state index contributed by atoms with van der Waals surface area (Å²) in [6, 6.07) is 8.30. The third kappa shape index (κ3) is 4.40. The van der Waals surface area contributed by atoms with Gasteiger partial charge >= 0.3 is 0 Å². The zero-order valence-electron chi connectivity index (χ0n) is 11.7. The molecule has 1 fully saturated rings. The van der Waals surface area contributed by atoms with E-state index in [1.807, 2.05) is 24.3 Å². The average Bonchev–Trinajstić information content (AvgIpc) is 2.46. The van der Waals surface area contributed by atoms with Crippen LogP contribution in [-0.2, 0) is 4.74 Å². The Kier molecular flexibility index (Phi) is 5.48. The van der Waals surface area contributed by atoms with Gasteiger partial charge in [-0.15, -0.1) is 0 Å². The van der Waals surface area contributed by atoms with E-state index in [4.69, 9.17) is 15.2 Å². The van der Waals surface area contributed by atoms with Crippen LogP contribution in [0.4, 0.5) is 5.69 Å². The van der Waals surface area contributed by atoms with Gasteiger partial charge in [-0.2, -0.15) is 0 Å². The summed E-state index contributed by atoms with van der Waals surface area (Å²) < 4.78 is 11.1. The molecule has 0 amide bonds. The molecule has 1 saturated heterocycles. The van der Waals surface area contributed by atoms with Crippen molar-refractivity contribution in [3.8, 4) is 5.75 Å². The van der Waals surface area contributed by atoms with Crippen molar-refractivity contribution in [2.24, 2.45) is 0 Å². The first-order valence-corrected chi connectivity index (χ1v) is 7.02. The van der Waals surface area contributed by atoms with E-state index in [0.29, 0.717) is 18.3 Å². The Morgan fingerprint density at radius 3 is 2.79 bits per heavy atom. The van der Waals surface area contributed by atoms with Crippen molar-refractivity contribution in [1.29, 1.82) is 0 Å². The molecule has 1 aromatic rings. The minimum atomic E-state index is 0.663. The zero-order valence-corrected chi connectivity index (χ0v) is 11.7. The standard InChI is InChI=1S/C15H24N2O2/c1-17(13-7-11-18-12-8-13)9-4-10-19-15-6-3-2-5-14(15)16/h2-3,5-6,13H,4,7-12,16H2,1H3. The van der Waals surface area contributed by atoms with Gasteiger partial charge in [0.1, 0.15) is 5.75 Å². The van der Waals surface area contributed by atoms with Gasteiger partial charge in [0.05, 0.1) is 12.3 Å². The molecule has 0 radical (unpaired) electrons. The van der Waals surface area contributed by atoms with Crippen LogP contribution in [0, 0.1) is 0 Å². The number of hydrogen-bond donors (Lipinski definition) is 1. The molecule has 0 saturated carbocycles. The molecule has 0 bridgehead atoms. The van der Waals surface area contributed by atoms with Gasteiger partial charge < -0.3 is 20.1 Å². The highest BCUT2D eigenvalue weighted by molar-refractivity contribution is 5.51. The summed E-state index contributed by atoms with van der Waals surface area (Å²) in [5, 5.41) is 0. The van der Waals surface area contributed by atoms with E-state index < -0.39 is 0 Å². The van der Waals surface area contributed by atoms with Crippen molar-refractivity contribution in [2.75, 3.05) is 39.1 Å². The third-order valence-electron chi connectivity index (χ3n) is 3.65. The Hall–Kier alpha value is -1.26. The van der Waals surface area contributed by atoms with E-state index in [9.17, 15) is 0 Å². The van der Waals surface area contributed by atoms with Gasteiger partial charge in [-0.05, 0) is 38.4 Å². The highest BCUT2D eigenvalue weighted by Gasteiger charge is 2.17. The predicted molar refractivity (Wildman–Crippen MR) is 77.4 cm³/mol. The van der Waals surface area contributed by atoms with Crippen LogP contribution in [0.3, 0.4) is 0 Å². The van der Waals surface area contributed by atoms with E-state index in [-0.39, 0.29) is 0 Å². The van der Waals surface area contributed by atoms with Gasteiger partial charge in [-0.3, -0.25) is 0 Å². The van der Waals surface area contributed by atoms with Crippen LogP contribution < -0.4 is 10.5 Å². The lowest BCUT2D eigenvalue weighted by molar-refractivity contribution is 0.0417. The minimum Gasteiger partial charge on any atom is -0.491 e. The highest BCUT2D eigenvalue weighted by atomic mass is 16.5. The van der Waals surface area contributed by atoms with Gasteiger partial charge in [0.25, 0.3) is 0 Å². The molecule has 0 aromatic heterocycles. The summed E-state index contributed by atoms with van der Waals surface area (Å²) >= 11 is 0. The van der Waals surface area contributed by atoms with Crippen molar-refractivity contribution in [2.45, 2.75) is 25.3 Å². The lowest BCUT2D eigenvalue weighted by atomic mass is 10.1. The fourth-order valence-corrected chi connectivity index (χ4v) is 2.42. The van der Waals surface area contributed by atoms with Crippen LogP contribution in [0.5, 0.6) is 5.75 Å². The molecule has 4 heteroatoms. The van der Waals surface area contributed by atoms with Gasteiger partial charge in [-0.1, -0.05) is 12.1 Å². The molecular formula is C15H24N2O2. The second-order valence-electron chi connectivity index (χ2n) is 5.06. The third-order valence-corrected chi connectivity index (χ3v) is 3.65. The maximum atomic E-state index is 5.83. The van der Waals surface area contributed by atoms with E-state index in [0.717, 1.165) is 44.8 Å². The van der Waals surface area contributed by atoms with E-state index in [1.54, 1.807) is 0 Å². The number of ether oxygens (including phenoxy) is 2. The molecule has 0 unspecified atom stereocenters. The molecular weight excluding hydrogens is 240 g/mol. The Morgan fingerprint density at radius 1 is 1.32 bits per heavy atom. The first-order valence-electron chi connectivity index (χ1n) is 7.02. The summed E-state index contributed by atoms with van der Waals surface area (Å²) in [6.07, 6.45) is 3.30. The van der Waals surface area contributed by atoms with Crippen LogP contribution in [0.25, 0.3) is 0 Å². The molecule has 2 rings (SSSR count). The number of benzene rings is 1. The first-order chi connectivity index (χ1) is 9.27. The molecule has 0 spiro atoms. The van der Waals surface area contributed by atoms with Gasteiger partial charge in [0, 0.05) is 25.8 Å². The smallest absolute Gasteiger partial charge is 0.142 e. The molecule has 1 aromatic carbocycles. The molecule has 0 aliphatic carbocycles. The Morgan fingerprint density at radius 2 is 2.05 bits per heavy atom. The molecule has 1 aliphatic rings. The molecule has 106 valence electrons. The maximum absolute atomic E-state index is 5.83.